The molecule has 94 valence electrons. The third-order valence-electron chi connectivity index (χ3n) is 2.31. The molecule has 0 aliphatic rings. The predicted octanol–water partition coefficient (Wildman–Crippen LogP) is 2.38. The minimum atomic E-state index is -4.16. The topological polar surface area (TPSA) is 86.6 Å². The molecule has 0 amide bonds. The third kappa shape index (κ3) is 2.99. The first-order valence-electron chi connectivity index (χ1n) is 5.09. The summed E-state index contributed by atoms with van der Waals surface area (Å²) in [7, 11) is -4.16. The zero-order valence-corrected chi connectivity index (χ0v) is 10.1. The van der Waals surface area contributed by atoms with Gasteiger partial charge in [0.15, 0.2) is 0 Å². The summed E-state index contributed by atoms with van der Waals surface area (Å²) in [5.74, 6) is 0.169. The van der Waals surface area contributed by atoms with Crippen molar-refractivity contribution in [1.29, 1.82) is 0 Å². The predicted molar refractivity (Wildman–Crippen MR) is 67.6 cm³/mol. The van der Waals surface area contributed by atoms with Crippen molar-refractivity contribution in [2.75, 3.05) is 5.32 Å². The fourth-order valence-electron chi connectivity index (χ4n) is 1.42. The number of anilines is 2. The first kappa shape index (κ1) is 12.4. The Kier molecular flexibility index (Phi) is 3.22. The Labute approximate surface area is 104 Å². The Hall–Kier alpha value is -2.05. The van der Waals surface area contributed by atoms with Gasteiger partial charge in [-0.1, -0.05) is 0 Å². The van der Waals surface area contributed by atoms with Crippen molar-refractivity contribution in [3.63, 3.8) is 0 Å². The van der Waals surface area contributed by atoms with Crippen LogP contribution in [0.4, 0.5) is 11.4 Å². The molecule has 2 aromatic rings. The lowest BCUT2D eigenvalue weighted by atomic mass is 10.2. The standard InChI is InChI=1S/C12H11NO4S/c14-11-5-1-9(2-6-11)13-10-3-7-12(8-4-10)18(15,16)17/h1-8,13-14H,(H,15,16,17). The number of phenolic OH excluding ortho intramolecular Hbond substituents is 1. The maximum atomic E-state index is 10.8. The molecular weight excluding hydrogens is 254 g/mol. The smallest absolute Gasteiger partial charge is 0.294 e. The summed E-state index contributed by atoms with van der Waals surface area (Å²) in [5, 5.41) is 12.1. The minimum Gasteiger partial charge on any atom is -0.508 e. The average Bonchev–Trinajstić information content (AvgIpc) is 2.32. The molecule has 0 aliphatic heterocycles. The van der Waals surface area contributed by atoms with Crippen LogP contribution in [-0.4, -0.2) is 18.1 Å². The van der Waals surface area contributed by atoms with Crippen LogP contribution in [0, 0.1) is 0 Å². The van der Waals surface area contributed by atoms with Crippen LogP contribution in [0.25, 0.3) is 0 Å². The zero-order valence-electron chi connectivity index (χ0n) is 9.24. The monoisotopic (exact) mass is 265 g/mol. The molecular formula is C12H11NO4S. The highest BCUT2D eigenvalue weighted by atomic mass is 32.2. The van der Waals surface area contributed by atoms with Crippen LogP contribution in [0.15, 0.2) is 53.4 Å². The van der Waals surface area contributed by atoms with Crippen molar-refractivity contribution in [2.24, 2.45) is 0 Å². The van der Waals surface area contributed by atoms with Crippen LogP contribution in [0.1, 0.15) is 0 Å². The fraction of sp³-hybridized carbons (Fsp3) is 0. The molecule has 0 radical (unpaired) electrons. The van der Waals surface area contributed by atoms with Gasteiger partial charge in [-0.15, -0.1) is 0 Å². The number of hydrogen-bond donors (Lipinski definition) is 3. The molecule has 0 heterocycles. The second kappa shape index (κ2) is 4.67. The maximum Gasteiger partial charge on any atom is 0.294 e. The van der Waals surface area contributed by atoms with Crippen molar-refractivity contribution in [3.8, 4) is 5.75 Å². The molecule has 18 heavy (non-hydrogen) atoms. The highest BCUT2D eigenvalue weighted by Gasteiger charge is 2.08. The Morgan fingerprint density at radius 3 is 1.72 bits per heavy atom. The molecule has 0 unspecified atom stereocenters. The molecule has 6 heteroatoms. The van der Waals surface area contributed by atoms with Gasteiger partial charge in [0, 0.05) is 11.4 Å². The highest BCUT2D eigenvalue weighted by Crippen LogP contribution is 2.20. The Bertz CT molecular complexity index is 633. The van der Waals surface area contributed by atoms with Crippen LogP contribution < -0.4 is 5.32 Å². The fourth-order valence-corrected chi connectivity index (χ4v) is 1.90. The normalized spacial score (nSPS) is 11.2. The largest absolute Gasteiger partial charge is 0.508 e. The van der Waals surface area contributed by atoms with E-state index in [9.17, 15) is 8.42 Å². The molecule has 0 saturated heterocycles. The van der Waals surface area contributed by atoms with Gasteiger partial charge in [0.2, 0.25) is 0 Å². The molecule has 0 bridgehead atoms. The molecule has 0 aromatic heterocycles. The third-order valence-corrected chi connectivity index (χ3v) is 3.18. The molecule has 2 aromatic carbocycles. The van der Waals surface area contributed by atoms with Crippen molar-refractivity contribution in [3.05, 3.63) is 48.5 Å². The number of rotatable bonds is 3. The maximum absolute atomic E-state index is 10.8. The van der Waals surface area contributed by atoms with Crippen molar-refractivity contribution in [2.45, 2.75) is 4.90 Å². The Morgan fingerprint density at radius 2 is 1.28 bits per heavy atom. The summed E-state index contributed by atoms with van der Waals surface area (Å²) in [6.07, 6.45) is 0. The van der Waals surface area contributed by atoms with E-state index in [1.165, 1.54) is 36.4 Å². The molecule has 0 fully saturated rings. The Balaban J connectivity index is 2.18. The number of hydrogen-bond acceptors (Lipinski definition) is 4. The van der Waals surface area contributed by atoms with Crippen LogP contribution in [0.5, 0.6) is 5.75 Å². The van der Waals surface area contributed by atoms with E-state index in [1.54, 1.807) is 12.1 Å². The second-order valence-electron chi connectivity index (χ2n) is 3.67. The lowest BCUT2D eigenvalue weighted by Gasteiger charge is -2.06. The van der Waals surface area contributed by atoms with Gasteiger partial charge in [-0.3, -0.25) is 4.55 Å². The van der Waals surface area contributed by atoms with Gasteiger partial charge in [0.05, 0.1) is 4.90 Å². The molecule has 0 aliphatic carbocycles. The first-order valence-corrected chi connectivity index (χ1v) is 6.53. The van der Waals surface area contributed by atoms with E-state index in [2.05, 4.69) is 5.32 Å². The van der Waals surface area contributed by atoms with Crippen LogP contribution in [-0.2, 0) is 10.1 Å². The molecule has 5 nitrogen and oxygen atoms in total. The molecule has 3 N–H and O–H groups in total. The summed E-state index contributed by atoms with van der Waals surface area (Å²) in [5.41, 5.74) is 1.43. The molecule has 0 atom stereocenters. The first-order chi connectivity index (χ1) is 8.45. The molecule has 0 saturated carbocycles. The van der Waals surface area contributed by atoms with E-state index in [-0.39, 0.29) is 10.6 Å². The summed E-state index contributed by atoms with van der Waals surface area (Å²) in [6.45, 7) is 0. The summed E-state index contributed by atoms with van der Waals surface area (Å²) in [4.78, 5) is -0.154. The molecule has 2 rings (SSSR count). The lowest BCUT2D eigenvalue weighted by molar-refractivity contribution is 0.475. The van der Waals surface area contributed by atoms with Gasteiger partial charge in [-0.05, 0) is 48.5 Å². The number of aromatic hydroxyl groups is 1. The van der Waals surface area contributed by atoms with E-state index in [4.69, 9.17) is 9.66 Å². The summed E-state index contributed by atoms with van der Waals surface area (Å²) in [6, 6.07) is 12.1. The minimum absolute atomic E-state index is 0.154. The van der Waals surface area contributed by atoms with Gasteiger partial charge in [0.25, 0.3) is 10.1 Å². The van der Waals surface area contributed by atoms with Gasteiger partial charge in [0.1, 0.15) is 5.75 Å². The van der Waals surface area contributed by atoms with E-state index in [1.807, 2.05) is 0 Å². The number of benzene rings is 2. The molecule has 0 spiro atoms. The van der Waals surface area contributed by atoms with E-state index in [0.29, 0.717) is 5.69 Å². The van der Waals surface area contributed by atoms with E-state index < -0.39 is 10.1 Å². The highest BCUT2D eigenvalue weighted by molar-refractivity contribution is 7.85. The lowest BCUT2D eigenvalue weighted by Crippen LogP contribution is -1.98. The van der Waals surface area contributed by atoms with Crippen molar-refractivity contribution in [1.82, 2.24) is 0 Å². The van der Waals surface area contributed by atoms with Crippen LogP contribution in [0.2, 0.25) is 0 Å². The summed E-state index contributed by atoms with van der Waals surface area (Å²) < 4.78 is 30.5. The number of nitrogens with one attached hydrogen (secondary N) is 1. The van der Waals surface area contributed by atoms with Crippen molar-refractivity contribution >= 4 is 21.5 Å². The van der Waals surface area contributed by atoms with Gasteiger partial charge in [-0.2, -0.15) is 8.42 Å². The van der Waals surface area contributed by atoms with Gasteiger partial charge in [-0.25, -0.2) is 0 Å². The van der Waals surface area contributed by atoms with Gasteiger partial charge >= 0.3 is 0 Å². The Morgan fingerprint density at radius 1 is 0.833 bits per heavy atom. The quantitative estimate of drug-likeness (QED) is 0.586. The van der Waals surface area contributed by atoms with Crippen LogP contribution in [0.3, 0.4) is 0 Å². The van der Waals surface area contributed by atoms with Gasteiger partial charge < -0.3 is 10.4 Å². The average molecular weight is 265 g/mol. The van der Waals surface area contributed by atoms with Crippen LogP contribution >= 0.6 is 0 Å². The zero-order chi connectivity index (χ0) is 13.2. The van der Waals surface area contributed by atoms with Crippen molar-refractivity contribution < 1.29 is 18.1 Å². The van der Waals surface area contributed by atoms with E-state index in [0.717, 1.165) is 5.69 Å². The second-order valence-corrected chi connectivity index (χ2v) is 5.09. The van der Waals surface area contributed by atoms with E-state index >= 15 is 0 Å². The SMILES string of the molecule is O=S(=O)(O)c1ccc(Nc2ccc(O)cc2)cc1. The number of phenols is 1. The summed E-state index contributed by atoms with van der Waals surface area (Å²) >= 11 is 0.